The van der Waals surface area contributed by atoms with E-state index in [2.05, 4.69) is 5.32 Å². The molecule has 2 atom stereocenters. The fourth-order valence-corrected chi connectivity index (χ4v) is 4.83. The fraction of sp³-hybridized carbons (Fsp3) is 0.278. The summed E-state index contributed by atoms with van der Waals surface area (Å²) in [5.74, 6) is -0.459. The second-order valence-electron chi connectivity index (χ2n) is 6.28. The zero-order chi connectivity index (χ0) is 19.6. The summed E-state index contributed by atoms with van der Waals surface area (Å²) in [6.07, 6.45) is -0.863. The van der Waals surface area contributed by atoms with Gasteiger partial charge in [0.1, 0.15) is 6.04 Å². The molecule has 1 aliphatic heterocycles. The molecule has 2 aromatic rings. The number of amides is 1. The first-order chi connectivity index (χ1) is 12.8. The van der Waals surface area contributed by atoms with Gasteiger partial charge in [0.15, 0.2) is 0 Å². The Morgan fingerprint density at radius 2 is 1.63 bits per heavy atom. The molecule has 9 heteroatoms. The largest absolute Gasteiger partial charge is 0.392 e. The molecule has 0 bridgehead atoms. The van der Waals surface area contributed by atoms with Gasteiger partial charge in [0, 0.05) is 29.6 Å². The van der Waals surface area contributed by atoms with Gasteiger partial charge in [0.05, 0.1) is 11.0 Å². The van der Waals surface area contributed by atoms with Crippen molar-refractivity contribution in [2.45, 2.75) is 30.0 Å². The van der Waals surface area contributed by atoms with E-state index in [4.69, 9.17) is 23.2 Å². The molecule has 2 aromatic carbocycles. The SMILES string of the molecule is O=C(NCc1ccc(Cl)cc1)[C@@H]1C[C@H](O)CN1S(=O)(=O)c1ccc(Cl)cc1. The first-order valence-corrected chi connectivity index (χ1v) is 10.4. The summed E-state index contributed by atoms with van der Waals surface area (Å²) in [5, 5.41) is 13.7. The number of halogens is 2. The minimum absolute atomic E-state index is 0.0245. The highest BCUT2D eigenvalue weighted by Gasteiger charge is 2.43. The number of rotatable bonds is 5. The summed E-state index contributed by atoms with van der Waals surface area (Å²) in [4.78, 5) is 12.6. The second-order valence-corrected chi connectivity index (χ2v) is 9.04. The van der Waals surface area contributed by atoms with Crippen molar-refractivity contribution < 1.29 is 18.3 Å². The van der Waals surface area contributed by atoms with Gasteiger partial charge in [0.2, 0.25) is 15.9 Å². The van der Waals surface area contributed by atoms with Gasteiger partial charge in [-0.2, -0.15) is 4.31 Å². The maximum atomic E-state index is 12.9. The topological polar surface area (TPSA) is 86.7 Å². The number of hydrogen-bond donors (Lipinski definition) is 2. The van der Waals surface area contributed by atoms with Crippen molar-refractivity contribution in [3.63, 3.8) is 0 Å². The Morgan fingerprint density at radius 3 is 2.22 bits per heavy atom. The molecule has 0 spiro atoms. The molecule has 6 nitrogen and oxygen atoms in total. The maximum absolute atomic E-state index is 12.9. The lowest BCUT2D eigenvalue weighted by Crippen LogP contribution is -2.45. The molecule has 27 heavy (non-hydrogen) atoms. The number of benzene rings is 2. The third kappa shape index (κ3) is 4.62. The van der Waals surface area contributed by atoms with Crippen molar-refractivity contribution in [2.75, 3.05) is 6.54 Å². The minimum Gasteiger partial charge on any atom is -0.392 e. The Labute approximate surface area is 167 Å². The summed E-state index contributed by atoms with van der Waals surface area (Å²) < 4.78 is 26.8. The molecule has 3 rings (SSSR count). The van der Waals surface area contributed by atoms with E-state index in [-0.39, 0.29) is 24.4 Å². The number of carbonyl (C=O) groups excluding carboxylic acids is 1. The van der Waals surface area contributed by atoms with Crippen LogP contribution in [0.15, 0.2) is 53.4 Å². The van der Waals surface area contributed by atoms with E-state index in [1.807, 2.05) is 0 Å². The summed E-state index contributed by atoms with van der Waals surface area (Å²) in [7, 11) is -3.93. The van der Waals surface area contributed by atoms with E-state index >= 15 is 0 Å². The average Bonchev–Trinajstić information content (AvgIpc) is 3.04. The lowest BCUT2D eigenvalue weighted by atomic mass is 10.2. The summed E-state index contributed by atoms with van der Waals surface area (Å²) in [5.41, 5.74) is 0.832. The van der Waals surface area contributed by atoms with Crippen LogP contribution in [-0.4, -0.2) is 42.4 Å². The predicted molar refractivity (Wildman–Crippen MR) is 103 cm³/mol. The molecule has 144 valence electrons. The van der Waals surface area contributed by atoms with Crippen LogP contribution in [0.1, 0.15) is 12.0 Å². The van der Waals surface area contributed by atoms with Crippen LogP contribution in [0.4, 0.5) is 0 Å². The van der Waals surface area contributed by atoms with Crippen LogP contribution in [-0.2, 0) is 21.4 Å². The Bertz CT molecular complexity index is 917. The molecule has 1 fully saturated rings. The summed E-state index contributed by atoms with van der Waals surface area (Å²) >= 11 is 11.6. The monoisotopic (exact) mass is 428 g/mol. The first kappa shape index (κ1) is 20.1. The number of sulfonamides is 1. The van der Waals surface area contributed by atoms with Gasteiger partial charge in [-0.25, -0.2) is 8.42 Å². The maximum Gasteiger partial charge on any atom is 0.243 e. The Balaban J connectivity index is 1.75. The number of aliphatic hydroxyl groups excluding tert-OH is 1. The highest BCUT2D eigenvalue weighted by atomic mass is 35.5. The molecular weight excluding hydrogens is 411 g/mol. The zero-order valence-electron chi connectivity index (χ0n) is 14.2. The van der Waals surface area contributed by atoms with Crippen LogP contribution in [0.2, 0.25) is 10.0 Å². The third-order valence-corrected chi connectivity index (χ3v) is 6.73. The first-order valence-electron chi connectivity index (χ1n) is 8.25. The highest BCUT2D eigenvalue weighted by Crippen LogP contribution is 2.27. The molecule has 0 aromatic heterocycles. The van der Waals surface area contributed by atoms with E-state index < -0.39 is 28.1 Å². The molecule has 0 aliphatic carbocycles. The van der Waals surface area contributed by atoms with Gasteiger partial charge < -0.3 is 10.4 Å². The van der Waals surface area contributed by atoms with Gasteiger partial charge in [-0.15, -0.1) is 0 Å². The standard InChI is InChI=1S/C18H18Cl2N2O4S/c19-13-3-1-12(2-4-13)10-21-18(24)17-9-15(23)11-22(17)27(25,26)16-7-5-14(20)6-8-16/h1-8,15,17,23H,9-11H2,(H,21,24)/t15-,17-/m0/s1. The van der Waals surface area contributed by atoms with Crippen LogP contribution < -0.4 is 5.32 Å². The predicted octanol–water partition coefficient (Wildman–Crippen LogP) is 2.43. The van der Waals surface area contributed by atoms with Gasteiger partial charge in [-0.1, -0.05) is 35.3 Å². The van der Waals surface area contributed by atoms with Crippen molar-refractivity contribution in [1.29, 1.82) is 0 Å². The highest BCUT2D eigenvalue weighted by molar-refractivity contribution is 7.89. The van der Waals surface area contributed by atoms with E-state index in [1.165, 1.54) is 24.3 Å². The minimum atomic E-state index is -3.93. The normalized spacial score (nSPS) is 20.6. The van der Waals surface area contributed by atoms with Crippen molar-refractivity contribution >= 4 is 39.1 Å². The van der Waals surface area contributed by atoms with E-state index in [0.717, 1.165) is 9.87 Å². The number of carbonyl (C=O) groups is 1. The van der Waals surface area contributed by atoms with Crippen molar-refractivity contribution in [2.24, 2.45) is 0 Å². The number of nitrogens with zero attached hydrogens (tertiary/aromatic N) is 1. The molecule has 1 saturated heterocycles. The number of aliphatic hydroxyl groups is 1. The van der Waals surface area contributed by atoms with Crippen LogP contribution in [0.3, 0.4) is 0 Å². The smallest absolute Gasteiger partial charge is 0.243 e. The van der Waals surface area contributed by atoms with Crippen molar-refractivity contribution in [1.82, 2.24) is 9.62 Å². The zero-order valence-corrected chi connectivity index (χ0v) is 16.5. The van der Waals surface area contributed by atoms with Crippen LogP contribution >= 0.6 is 23.2 Å². The van der Waals surface area contributed by atoms with Gasteiger partial charge in [-0.05, 0) is 42.0 Å². The van der Waals surface area contributed by atoms with E-state index in [1.54, 1.807) is 24.3 Å². The fourth-order valence-electron chi connectivity index (χ4n) is 2.94. The molecule has 1 amide bonds. The second kappa shape index (κ2) is 8.16. The molecule has 1 aliphatic rings. The molecular formula is C18H18Cl2N2O4S. The van der Waals surface area contributed by atoms with Crippen LogP contribution in [0.5, 0.6) is 0 Å². The van der Waals surface area contributed by atoms with Crippen LogP contribution in [0, 0.1) is 0 Å². The molecule has 2 N–H and O–H groups in total. The van der Waals surface area contributed by atoms with E-state index in [9.17, 15) is 18.3 Å². The quantitative estimate of drug-likeness (QED) is 0.765. The van der Waals surface area contributed by atoms with Gasteiger partial charge >= 0.3 is 0 Å². The number of β-amino-alcohol motifs (C(OH)–C–C–N with tert-alkyl or cyclic N) is 1. The van der Waals surface area contributed by atoms with Gasteiger partial charge in [0.25, 0.3) is 0 Å². The molecule has 0 saturated carbocycles. The molecule has 1 heterocycles. The number of hydrogen-bond acceptors (Lipinski definition) is 4. The van der Waals surface area contributed by atoms with Gasteiger partial charge in [-0.3, -0.25) is 4.79 Å². The van der Waals surface area contributed by atoms with E-state index in [0.29, 0.717) is 10.0 Å². The Kier molecular flexibility index (Phi) is 6.08. The Morgan fingerprint density at radius 1 is 1.07 bits per heavy atom. The third-order valence-electron chi connectivity index (χ3n) is 4.34. The summed E-state index contributed by atoms with van der Waals surface area (Å²) in [6.45, 7) is 0.0986. The van der Waals surface area contributed by atoms with Crippen LogP contribution in [0.25, 0.3) is 0 Å². The Hall–Kier alpha value is -1.64. The van der Waals surface area contributed by atoms with Crippen molar-refractivity contribution in [3.05, 3.63) is 64.1 Å². The summed E-state index contributed by atoms with van der Waals surface area (Å²) in [6, 6.07) is 11.7. The lowest BCUT2D eigenvalue weighted by molar-refractivity contribution is -0.124. The lowest BCUT2D eigenvalue weighted by Gasteiger charge is -2.23. The average molecular weight is 429 g/mol. The van der Waals surface area contributed by atoms with Crippen molar-refractivity contribution in [3.8, 4) is 0 Å². The molecule has 0 unspecified atom stereocenters. The number of nitrogens with one attached hydrogen (secondary N) is 1. The molecule has 0 radical (unpaired) electrons.